The Hall–Kier alpha value is -2.02. The molecule has 0 spiro atoms. The van der Waals surface area contributed by atoms with Crippen LogP contribution in [0.25, 0.3) is 6.08 Å². The van der Waals surface area contributed by atoms with E-state index in [4.69, 9.17) is 4.42 Å². The number of imide groups is 1. The molecule has 3 amide bonds. The molecule has 3 heterocycles. The van der Waals surface area contributed by atoms with Crippen molar-refractivity contribution in [3.8, 4) is 0 Å². The van der Waals surface area contributed by atoms with E-state index in [2.05, 4.69) is 0 Å². The minimum absolute atomic E-state index is 0.149. The lowest BCUT2D eigenvalue weighted by molar-refractivity contribution is -0.138. The van der Waals surface area contributed by atoms with Crippen LogP contribution in [0.2, 0.25) is 0 Å². The van der Waals surface area contributed by atoms with E-state index >= 15 is 0 Å². The van der Waals surface area contributed by atoms with Gasteiger partial charge in [-0.2, -0.15) is 0 Å². The molecule has 0 unspecified atom stereocenters. The lowest BCUT2D eigenvalue weighted by atomic mass is 10.1. The fourth-order valence-electron chi connectivity index (χ4n) is 2.16. The van der Waals surface area contributed by atoms with E-state index in [1.54, 1.807) is 23.1 Å². The van der Waals surface area contributed by atoms with Crippen LogP contribution in [-0.4, -0.2) is 51.7 Å². The monoisotopic (exact) mass is 292 g/mol. The average Bonchev–Trinajstić information content (AvgIpc) is 2.99. The number of rotatable bonds is 3. The van der Waals surface area contributed by atoms with E-state index in [1.165, 1.54) is 17.2 Å². The average molecular weight is 292 g/mol. The second-order valence-electron chi connectivity index (χ2n) is 4.56. The van der Waals surface area contributed by atoms with Crippen molar-refractivity contribution < 1.29 is 18.8 Å². The Labute approximate surface area is 119 Å². The summed E-state index contributed by atoms with van der Waals surface area (Å²) in [4.78, 5) is 37.8. The fraction of sp³-hybridized carbons (Fsp3) is 0.308. The lowest BCUT2D eigenvalue weighted by Crippen LogP contribution is -2.61. The summed E-state index contributed by atoms with van der Waals surface area (Å²) in [5.41, 5.74) is 0. The third-order valence-corrected chi connectivity index (χ3v) is 4.09. The number of thioether (sulfide) groups is 1. The predicted molar refractivity (Wildman–Crippen MR) is 72.8 cm³/mol. The maximum atomic E-state index is 11.8. The predicted octanol–water partition coefficient (Wildman–Crippen LogP) is 1.20. The molecule has 20 heavy (non-hydrogen) atoms. The van der Waals surface area contributed by atoms with Crippen LogP contribution in [0.4, 0.5) is 4.79 Å². The van der Waals surface area contributed by atoms with E-state index in [-0.39, 0.29) is 28.8 Å². The van der Waals surface area contributed by atoms with Gasteiger partial charge in [0.2, 0.25) is 11.8 Å². The van der Waals surface area contributed by atoms with Crippen molar-refractivity contribution in [2.45, 2.75) is 6.04 Å². The van der Waals surface area contributed by atoms with Gasteiger partial charge in [-0.25, -0.2) is 0 Å². The van der Waals surface area contributed by atoms with Crippen molar-refractivity contribution in [2.75, 3.05) is 18.8 Å². The summed E-state index contributed by atoms with van der Waals surface area (Å²) >= 11 is 1.02. The molecule has 0 aliphatic carbocycles. The molecule has 2 saturated heterocycles. The Morgan fingerprint density at radius 2 is 2.20 bits per heavy atom. The van der Waals surface area contributed by atoms with E-state index in [1.807, 2.05) is 0 Å². The Morgan fingerprint density at radius 1 is 1.40 bits per heavy atom. The summed E-state index contributed by atoms with van der Waals surface area (Å²) in [5.74, 6) is 0.506. The first-order valence-corrected chi connectivity index (χ1v) is 7.13. The molecule has 2 aliphatic heterocycles. The van der Waals surface area contributed by atoms with Crippen LogP contribution < -0.4 is 0 Å². The maximum Gasteiger partial charge on any atom is 0.289 e. The number of amides is 3. The number of furan rings is 1. The van der Waals surface area contributed by atoms with Gasteiger partial charge in [-0.05, 0) is 18.2 Å². The number of hydrogen-bond acceptors (Lipinski definition) is 5. The van der Waals surface area contributed by atoms with Gasteiger partial charge in [-0.3, -0.25) is 19.3 Å². The molecular weight excluding hydrogens is 280 g/mol. The second-order valence-corrected chi connectivity index (χ2v) is 5.49. The van der Waals surface area contributed by atoms with Gasteiger partial charge in [0.05, 0.1) is 18.1 Å². The quantitative estimate of drug-likeness (QED) is 0.783. The highest BCUT2D eigenvalue weighted by Crippen LogP contribution is 2.26. The van der Waals surface area contributed by atoms with Crippen LogP contribution in [-0.2, 0) is 9.59 Å². The lowest BCUT2D eigenvalue weighted by Gasteiger charge is -2.42. The molecule has 0 bridgehead atoms. The van der Waals surface area contributed by atoms with Crippen LogP contribution in [0.1, 0.15) is 5.76 Å². The number of nitrogens with zero attached hydrogens (tertiary/aromatic N) is 2. The summed E-state index contributed by atoms with van der Waals surface area (Å²) in [6.07, 6.45) is 4.56. The first kappa shape index (κ1) is 13.0. The van der Waals surface area contributed by atoms with Crippen molar-refractivity contribution >= 4 is 34.9 Å². The molecule has 0 atom stereocenters. The minimum Gasteiger partial charge on any atom is -0.465 e. The Kier molecular flexibility index (Phi) is 3.35. The van der Waals surface area contributed by atoms with Crippen molar-refractivity contribution in [3.05, 3.63) is 30.2 Å². The summed E-state index contributed by atoms with van der Waals surface area (Å²) in [6.45, 7) is 0.804. The molecule has 2 fully saturated rings. The third-order valence-electron chi connectivity index (χ3n) is 3.26. The standard InChI is InChI=1S/C13H12N2O4S/c16-11(4-3-10-2-1-5-19-10)14-6-9(7-14)15-12(17)8-20-13(15)18/h1-5,9H,6-8H2/b4-3+. The highest BCUT2D eigenvalue weighted by atomic mass is 32.2. The highest BCUT2D eigenvalue weighted by molar-refractivity contribution is 8.14. The van der Waals surface area contributed by atoms with Crippen molar-refractivity contribution in [2.24, 2.45) is 0 Å². The number of carbonyl (C=O) groups is 3. The molecule has 3 rings (SSSR count). The molecule has 2 aliphatic rings. The molecule has 0 aromatic carbocycles. The first-order chi connectivity index (χ1) is 9.65. The smallest absolute Gasteiger partial charge is 0.289 e. The van der Waals surface area contributed by atoms with Crippen molar-refractivity contribution in [3.63, 3.8) is 0 Å². The summed E-state index contributed by atoms with van der Waals surface area (Å²) in [6, 6.07) is 3.32. The van der Waals surface area contributed by atoms with Crippen LogP contribution in [0.3, 0.4) is 0 Å². The molecule has 1 aromatic rings. The summed E-state index contributed by atoms with van der Waals surface area (Å²) < 4.78 is 5.09. The fourth-order valence-corrected chi connectivity index (χ4v) is 2.94. The SMILES string of the molecule is O=C(/C=C/c1ccco1)N1CC(N2C(=O)CSC2=O)C1. The van der Waals surface area contributed by atoms with Gasteiger partial charge in [0.25, 0.3) is 5.24 Å². The number of likely N-dealkylation sites (tertiary alicyclic amines) is 1. The Balaban J connectivity index is 1.54. The number of carbonyl (C=O) groups excluding carboxylic acids is 3. The molecular formula is C13H12N2O4S. The molecule has 6 nitrogen and oxygen atoms in total. The van der Waals surface area contributed by atoms with E-state index in [9.17, 15) is 14.4 Å². The van der Waals surface area contributed by atoms with E-state index in [0.29, 0.717) is 18.8 Å². The topological polar surface area (TPSA) is 70.8 Å². The molecule has 7 heteroatoms. The van der Waals surface area contributed by atoms with Gasteiger partial charge in [0.15, 0.2) is 0 Å². The minimum atomic E-state index is -0.210. The summed E-state index contributed by atoms with van der Waals surface area (Å²) in [7, 11) is 0. The van der Waals surface area contributed by atoms with Gasteiger partial charge in [-0.1, -0.05) is 11.8 Å². The summed E-state index contributed by atoms with van der Waals surface area (Å²) in [5, 5.41) is -0.210. The van der Waals surface area contributed by atoms with Crippen LogP contribution in [0.5, 0.6) is 0 Å². The zero-order valence-corrected chi connectivity index (χ0v) is 11.3. The number of hydrogen-bond donors (Lipinski definition) is 0. The first-order valence-electron chi connectivity index (χ1n) is 6.14. The zero-order chi connectivity index (χ0) is 14.1. The van der Waals surface area contributed by atoms with Gasteiger partial charge in [0.1, 0.15) is 5.76 Å². The normalized spacial score (nSPS) is 20.0. The largest absolute Gasteiger partial charge is 0.465 e. The Bertz CT molecular complexity index is 559. The van der Waals surface area contributed by atoms with Gasteiger partial charge in [0, 0.05) is 19.2 Å². The van der Waals surface area contributed by atoms with Gasteiger partial charge < -0.3 is 9.32 Å². The van der Waals surface area contributed by atoms with Crippen molar-refractivity contribution in [1.82, 2.24) is 9.80 Å². The Morgan fingerprint density at radius 3 is 2.80 bits per heavy atom. The van der Waals surface area contributed by atoms with E-state index in [0.717, 1.165) is 11.8 Å². The third kappa shape index (κ3) is 2.36. The second kappa shape index (κ2) is 5.16. The highest BCUT2D eigenvalue weighted by Gasteiger charge is 2.42. The molecule has 104 valence electrons. The molecule has 0 saturated carbocycles. The van der Waals surface area contributed by atoms with Gasteiger partial charge >= 0.3 is 0 Å². The maximum absolute atomic E-state index is 11.8. The van der Waals surface area contributed by atoms with Crippen LogP contribution in [0.15, 0.2) is 28.9 Å². The molecule has 1 aromatic heterocycles. The molecule has 0 radical (unpaired) electrons. The molecule has 0 N–H and O–H groups in total. The zero-order valence-electron chi connectivity index (χ0n) is 10.5. The van der Waals surface area contributed by atoms with E-state index < -0.39 is 0 Å². The van der Waals surface area contributed by atoms with Crippen LogP contribution in [0, 0.1) is 0 Å². The van der Waals surface area contributed by atoms with Crippen LogP contribution >= 0.6 is 11.8 Å². The van der Waals surface area contributed by atoms with Crippen molar-refractivity contribution in [1.29, 1.82) is 0 Å². The van der Waals surface area contributed by atoms with Gasteiger partial charge in [-0.15, -0.1) is 0 Å².